The van der Waals surface area contributed by atoms with Crippen LogP contribution in [-0.2, 0) is 6.54 Å². The number of fused-ring (bicyclic) bond motifs is 1. The van der Waals surface area contributed by atoms with Gasteiger partial charge >= 0.3 is 0 Å². The molecule has 1 saturated heterocycles. The third kappa shape index (κ3) is 5.48. The summed E-state index contributed by atoms with van der Waals surface area (Å²) < 4.78 is 0. The van der Waals surface area contributed by atoms with Gasteiger partial charge < -0.3 is 15.5 Å². The monoisotopic (exact) mass is 435 g/mol. The molecule has 1 amide bonds. The maximum atomic E-state index is 12.9. The molecule has 31 heavy (non-hydrogen) atoms. The number of hydrogen-bond acceptors (Lipinski definition) is 6. The highest BCUT2D eigenvalue weighted by molar-refractivity contribution is 7.15. The zero-order valence-corrected chi connectivity index (χ0v) is 18.9. The molecule has 0 unspecified atom stereocenters. The molecule has 0 aliphatic carbocycles. The van der Waals surface area contributed by atoms with Gasteiger partial charge in [0.05, 0.1) is 11.4 Å². The molecule has 0 bridgehead atoms. The van der Waals surface area contributed by atoms with E-state index in [0.29, 0.717) is 24.8 Å². The number of amides is 1. The molecule has 7 heteroatoms. The average Bonchev–Trinajstić information content (AvgIpc) is 3.20. The number of rotatable bonds is 3. The van der Waals surface area contributed by atoms with Crippen LogP contribution >= 0.6 is 11.3 Å². The smallest absolute Gasteiger partial charge is 0.264 e. The van der Waals surface area contributed by atoms with Crippen molar-refractivity contribution in [2.75, 3.05) is 31.5 Å². The van der Waals surface area contributed by atoms with Crippen LogP contribution in [0.2, 0.25) is 0 Å². The summed E-state index contributed by atoms with van der Waals surface area (Å²) in [6, 6.07) is 10.4. The summed E-state index contributed by atoms with van der Waals surface area (Å²) in [7, 11) is 0. The quantitative estimate of drug-likeness (QED) is 0.752. The molecule has 0 spiro atoms. The number of nitrogens with zero attached hydrogens (tertiary/aromatic N) is 3. The van der Waals surface area contributed by atoms with Crippen LogP contribution in [0.5, 0.6) is 0 Å². The van der Waals surface area contributed by atoms with E-state index in [-0.39, 0.29) is 5.91 Å². The van der Waals surface area contributed by atoms with E-state index in [9.17, 15) is 4.79 Å². The zero-order valence-electron chi connectivity index (χ0n) is 18.1. The zero-order chi connectivity index (χ0) is 21.6. The summed E-state index contributed by atoms with van der Waals surface area (Å²) in [5, 5.41) is 6.65. The number of carbonyl (C=O) groups excluding carboxylic acids is 1. The highest BCUT2D eigenvalue weighted by Gasteiger charge is 2.21. The summed E-state index contributed by atoms with van der Waals surface area (Å²) >= 11 is 1.55. The topological polar surface area (TPSA) is 69.1 Å². The van der Waals surface area contributed by atoms with Crippen LogP contribution in [0.1, 0.15) is 51.9 Å². The third-order valence-electron chi connectivity index (χ3n) is 5.39. The van der Waals surface area contributed by atoms with Crippen molar-refractivity contribution in [3.63, 3.8) is 0 Å². The van der Waals surface area contributed by atoms with E-state index < -0.39 is 0 Å². The largest absolute Gasteiger partial charge is 0.335 e. The van der Waals surface area contributed by atoms with Crippen molar-refractivity contribution in [3.8, 4) is 0 Å². The number of guanidine groups is 1. The molecule has 2 aromatic rings. The van der Waals surface area contributed by atoms with Crippen LogP contribution in [0.4, 0.5) is 5.69 Å². The van der Waals surface area contributed by atoms with Crippen molar-refractivity contribution in [2.24, 2.45) is 9.98 Å². The third-order valence-corrected chi connectivity index (χ3v) is 6.52. The Labute approximate surface area is 187 Å². The highest BCUT2D eigenvalue weighted by atomic mass is 32.1. The van der Waals surface area contributed by atoms with Gasteiger partial charge in [0, 0.05) is 49.4 Å². The molecule has 6 nitrogen and oxygen atoms in total. The number of carbonyl (C=O) groups is 1. The second-order valence-electron chi connectivity index (χ2n) is 8.04. The molecule has 162 valence electrons. The van der Waals surface area contributed by atoms with E-state index in [1.807, 2.05) is 23.2 Å². The van der Waals surface area contributed by atoms with Gasteiger partial charge in [-0.05, 0) is 41.3 Å². The Morgan fingerprint density at radius 1 is 1.23 bits per heavy atom. The van der Waals surface area contributed by atoms with Gasteiger partial charge in [-0.15, -0.1) is 11.3 Å². The predicted molar refractivity (Wildman–Crippen MR) is 131 cm³/mol. The first-order valence-electron chi connectivity index (χ1n) is 10.8. The molecule has 0 saturated carbocycles. The van der Waals surface area contributed by atoms with E-state index >= 15 is 0 Å². The number of benzene rings is 1. The number of anilines is 1. The summed E-state index contributed by atoms with van der Waals surface area (Å²) in [5.41, 5.74) is 3.32. The number of aliphatic imine (C=N–C) groups is 2. The summed E-state index contributed by atoms with van der Waals surface area (Å²) in [5.74, 6) is 1.16. The van der Waals surface area contributed by atoms with Gasteiger partial charge in [0.25, 0.3) is 5.91 Å². The van der Waals surface area contributed by atoms with Crippen LogP contribution in [0.25, 0.3) is 6.08 Å². The number of thiophene rings is 1. The van der Waals surface area contributed by atoms with Gasteiger partial charge in [-0.1, -0.05) is 32.1 Å². The van der Waals surface area contributed by atoms with Crippen molar-refractivity contribution in [1.82, 2.24) is 10.2 Å². The summed E-state index contributed by atoms with van der Waals surface area (Å²) in [4.78, 5) is 26.0. The first-order valence-corrected chi connectivity index (χ1v) is 11.6. The Bertz CT molecular complexity index is 1010. The van der Waals surface area contributed by atoms with E-state index in [2.05, 4.69) is 59.8 Å². The minimum Gasteiger partial charge on any atom is -0.335 e. The molecule has 0 atom stereocenters. The second kappa shape index (κ2) is 10.0. The van der Waals surface area contributed by atoms with E-state index in [1.54, 1.807) is 11.3 Å². The Morgan fingerprint density at radius 2 is 2.06 bits per heavy atom. The number of nitrogens with one attached hydrogen (secondary N) is 2. The fraction of sp³-hybridized carbons (Fsp3) is 0.375. The molecule has 0 radical (unpaired) electrons. The minimum absolute atomic E-state index is 0.117. The Hall–Kier alpha value is -2.77. The fourth-order valence-electron chi connectivity index (χ4n) is 3.59. The van der Waals surface area contributed by atoms with Crippen LogP contribution in [0.3, 0.4) is 0 Å². The van der Waals surface area contributed by atoms with Crippen molar-refractivity contribution in [3.05, 3.63) is 57.3 Å². The fourth-order valence-corrected chi connectivity index (χ4v) is 4.66. The van der Waals surface area contributed by atoms with Gasteiger partial charge in [-0.25, -0.2) is 9.98 Å². The lowest BCUT2D eigenvalue weighted by atomic mass is 10.0. The van der Waals surface area contributed by atoms with Crippen LogP contribution in [0, 0.1) is 0 Å². The molecule has 4 rings (SSSR count). The molecule has 1 fully saturated rings. The molecule has 2 N–H and O–H groups in total. The average molecular weight is 436 g/mol. The minimum atomic E-state index is 0.117. The molecule has 2 aliphatic heterocycles. The van der Waals surface area contributed by atoms with E-state index in [0.717, 1.165) is 47.2 Å². The summed E-state index contributed by atoms with van der Waals surface area (Å²) in [6.07, 6.45) is 6.74. The van der Waals surface area contributed by atoms with Crippen LogP contribution in [-0.4, -0.2) is 49.2 Å². The first-order chi connectivity index (χ1) is 15.1. The number of hydrogen-bond donors (Lipinski definition) is 2. The van der Waals surface area contributed by atoms with Gasteiger partial charge in [0.15, 0.2) is 0 Å². The van der Waals surface area contributed by atoms with Crippen molar-refractivity contribution in [1.29, 1.82) is 0 Å². The van der Waals surface area contributed by atoms with Crippen molar-refractivity contribution < 1.29 is 4.79 Å². The van der Waals surface area contributed by atoms with E-state index in [1.165, 1.54) is 5.56 Å². The van der Waals surface area contributed by atoms with E-state index in [4.69, 9.17) is 4.99 Å². The standard InChI is InChI=1S/C24H29N5OS/c1-17(2)18-6-5-7-20(14-18)28-24-26-9-4-3-8-21-19(16-27-24)15-22(31-21)23(30)29-12-10-25-11-13-29/h3,5-9,14-15,17,25H,4,10-13,16H2,1-2H3,(H,27,28)/b8-3-,26-9?. The summed E-state index contributed by atoms with van der Waals surface area (Å²) in [6.45, 7) is 8.06. The normalized spacial score (nSPS) is 17.8. The molecule has 2 aliphatic rings. The Kier molecular flexibility index (Phi) is 6.94. The maximum absolute atomic E-state index is 12.9. The molecular formula is C24H29N5OS. The lowest BCUT2D eigenvalue weighted by Crippen LogP contribution is -2.46. The number of piperazine rings is 1. The molecule has 3 heterocycles. The lowest BCUT2D eigenvalue weighted by molar-refractivity contribution is 0.0740. The van der Waals surface area contributed by atoms with Crippen LogP contribution in [0.15, 0.2) is 46.4 Å². The Balaban J connectivity index is 1.54. The second-order valence-corrected chi connectivity index (χ2v) is 9.12. The first kappa shape index (κ1) is 21.5. The maximum Gasteiger partial charge on any atom is 0.264 e. The molecule has 1 aromatic carbocycles. The highest BCUT2D eigenvalue weighted by Crippen LogP contribution is 2.27. The van der Waals surface area contributed by atoms with Crippen molar-refractivity contribution >= 4 is 41.2 Å². The van der Waals surface area contributed by atoms with Gasteiger partial charge in [0.2, 0.25) is 5.96 Å². The predicted octanol–water partition coefficient (Wildman–Crippen LogP) is 4.37. The van der Waals surface area contributed by atoms with Gasteiger partial charge in [-0.2, -0.15) is 0 Å². The lowest BCUT2D eigenvalue weighted by Gasteiger charge is -2.26. The SMILES string of the molecule is CC(C)c1cccc(NC2=NCc3cc(C(=O)N4CCNCC4)sc3/C=C\CC=N2)c1. The number of allylic oxidation sites excluding steroid dienone is 1. The van der Waals surface area contributed by atoms with Gasteiger partial charge in [0.1, 0.15) is 0 Å². The Morgan fingerprint density at radius 3 is 2.87 bits per heavy atom. The van der Waals surface area contributed by atoms with Crippen molar-refractivity contribution in [2.45, 2.75) is 32.7 Å². The molecular weight excluding hydrogens is 406 g/mol. The van der Waals surface area contributed by atoms with Gasteiger partial charge in [-0.3, -0.25) is 4.79 Å². The van der Waals surface area contributed by atoms with Crippen LogP contribution < -0.4 is 10.6 Å². The molecule has 1 aromatic heterocycles.